The first-order valence-corrected chi connectivity index (χ1v) is 7.23. The Morgan fingerprint density at radius 2 is 1.82 bits per heavy atom. The van der Waals surface area contributed by atoms with E-state index in [4.69, 9.17) is 11.6 Å². The third-order valence-corrected chi connectivity index (χ3v) is 3.43. The van der Waals surface area contributed by atoms with Crippen LogP contribution in [0.3, 0.4) is 0 Å². The van der Waals surface area contributed by atoms with E-state index in [1.807, 2.05) is 48.5 Å². The van der Waals surface area contributed by atoms with Crippen molar-refractivity contribution >= 4 is 17.3 Å². The molecule has 3 aromatic rings. The largest absolute Gasteiger partial charge is 0.366 e. The molecule has 2 aromatic carbocycles. The van der Waals surface area contributed by atoms with Crippen LogP contribution in [0.5, 0.6) is 0 Å². The summed E-state index contributed by atoms with van der Waals surface area (Å²) in [6.07, 6.45) is 0. The molecule has 0 spiro atoms. The predicted octanol–water partition coefficient (Wildman–Crippen LogP) is 3.63. The normalized spacial score (nSPS) is 10.4. The van der Waals surface area contributed by atoms with Crippen molar-refractivity contribution in [3.05, 3.63) is 82.1 Å². The fourth-order valence-electron chi connectivity index (χ4n) is 2.09. The van der Waals surface area contributed by atoms with Gasteiger partial charge in [-0.15, -0.1) is 0 Å². The van der Waals surface area contributed by atoms with Gasteiger partial charge in [-0.25, -0.2) is 4.68 Å². The van der Waals surface area contributed by atoms with Crippen LogP contribution in [0, 0.1) is 0 Å². The van der Waals surface area contributed by atoms with Gasteiger partial charge >= 0.3 is 0 Å². The summed E-state index contributed by atoms with van der Waals surface area (Å²) in [7, 11) is 0. The minimum Gasteiger partial charge on any atom is -0.366 e. The van der Waals surface area contributed by atoms with Crippen LogP contribution < -0.4 is 10.9 Å². The molecule has 110 valence electrons. The summed E-state index contributed by atoms with van der Waals surface area (Å²) in [4.78, 5) is 11.9. The number of hydrogen-bond acceptors (Lipinski definition) is 3. The Labute approximate surface area is 133 Å². The molecule has 0 radical (unpaired) electrons. The van der Waals surface area contributed by atoms with E-state index < -0.39 is 0 Å². The first kappa shape index (κ1) is 14.4. The number of anilines is 1. The van der Waals surface area contributed by atoms with Crippen molar-refractivity contribution in [1.82, 2.24) is 9.78 Å². The van der Waals surface area contributed by atoms with E-state index >= 15 is 0 Å². The van der Waals surface area contributed by atoms with Gasteiger partial charge in [0.15, 0.2) is 0 Å². The van der Waals surface area contributed by atoms with E-state index in [0.29, 0.717) is 17.4 Å². The van der Waals surface area contributed by atoms with E-state index in [9.17, 15) is 4.79 Å². The second-order valence-electron chi connectivity index (χ2n) is 4.77. The van der Waals surface area contributed by atoms with Crippen LogP contribution in [0.1, 0.15) is 0 Å². The molecule has 0 aliphatic rings. The molecule has 4 nitrogen and oxygen atoms in total. The zero-order valence-corrected chi connectivity index (χ0v) is 12.5. The molecule has 0 atom stereocenters. The zero-order chi connectivity index (χ0) is 15.4. The number of rotatable bonds is 4. The standard InChI is InChI=1S/C17H14ClN3O/c18-14-6-4-5-13(11-14)16-9-10-17(22)21(20-16)12-19-15-7-2-1-3-8-15/h1-11,19H,12H2. The Morgan fingerprint density at radius 3 is 2.59 bits per heavy atom. The third-order valence-electron chi connectivity index (χ3n) is 3.19. The van der Waals surface area contributed by atoms with Crippen molar-refractivity contribution in [2.75, 3.05) is 5.32 Å². The number of hydrogen-bond donors (Lipinski definition) is 1. The van der Waals surface area contributed by atoms with Crippen LogP contribution in [-0.4, -0.2) is 9.78 Å². The highest BCUT2D eigenvalue weighted by molar-refractivity contribution is 6.30. The Balaban J connectivity index is 1.85. The SMILES string of the molecule is O=c1ccc(-c2cccc(Cl)c2)nn1CNc1ccccc1. The van der Waals surface area contributed by atoms with Gasteiger partial charge < -0.3 is 5.32 Å². The highest BCUT2D eigenvalue weighted by Gasteiger charge is 2.04. The molecular formula is C17H14ClN3O. The maximum atomic E-state index is 11.9. The van der Waals surface area contributed by atoms with Crippen molar-refractivity contribution in [3.63, 3.8) is 0 Å². The molecule has 1 aromatic heterocycles. The quantitative estimate of drug-likeness (QED) is 0.800. The van der Waals surface area contributed by atoms with Gasteiger partial charge in [-0.05, 0) is 30.3 Å². The van der Waals surface area contributed by atoms with Gasteiger partial charge in [-0.2, -0.15) is 5.10 Å². The number of halogens is 1. The van der Waals surface area contributed by atoms with Crippen molar-refractivity contribution in [3.8, 4) is 11.3 Å². The summed E-state index contributed by atoms with van der Waals surface area (Å²) in [6, 6.07) is 20.3. The van der Waals surface area contributed by atoms with Crippen molar-refractivity contribution < 1.29 is 0 Å². The minimum absolute atomic E-state index is 0.158. The molecule has 0 aliphatic heterocycles. The lowest BCUT2D eigenvalue weighted by atomic mass is 10.1. The van der Waals surface area contributed by atoms with Crippen LogP contribution in [0.4, 0.5) is 5.69 Å². The topological polar surface area (TPSA) is 46.9 Å². The molecule has 0 fully saturated rings. The number of nitrogens with zero attached hydrogens (tertiary/aromatic N) is 2. The van der Waals surface area contributed by atoms with Crippen LogP contribution in [0.25, 0.3) is 11.3 Å². The molecule has 22 heavy (non-hydrogen) atoms. The molecule has 0 unspecified atom stereocenters. The molecular weight excluding hydrogens is 298 g/mol. The number of benzene rings is 2. The molecule has 0 bridgehead atoms. The van der Waals surface area contributed by atoms with Gasteiger partial charge in [0.2, 0.25) is 0 Å². The average Bonchev–Trinajstić information content (AvgIpc) is 2.55. The highest BCUT2D eigenvalue weighted by atomic mass is 35.5. The van der Waals surface area contributed by atoms with Crippen LogP contribution in [0.2, 0.25) is 5.02 Å². The highest BCUT2D eigenvalue weighted by Crippen LogP contribution is 2.19. The fourth-order valence-corrected chi connectivity index (χ4v) is 2.28. The molecule has 5 heteroatoms. The van der Waals surface area contributed by atoms with Gasteiger partial charge in [0, 0.05) is 22.3 Å². The van der Waals surface area contributed by atoms with E-state index in [0.717, 1.165) is 11.3 Å². The van der Waals surface area contributed by atoms with Crippen molar-refractivity contribution in [1.29, 1.82) is 0 Å². The predicted molar refractivity (Wildman–Crippen MR) is 89.0 cm³/mol. The monoisotopic (exact) mass is 311 g/mol. The summed E-state index contributed by atoms with van der Waals surface area (Å²) in [5.74, 6) is 0. The van der Waals surface area contributed by atoms with Gasteiger partial charge in [0.1, 0.15) is 6.67 Å². The molecule has 3 rings (SSSR count). The average molecular weight is 312 g/mol. The first-order chi connectivity index (χ1) is 10.7. The van der Waals surface area contributed by atoms with E-state index in [2.05, 4.69) is 10.4 Å². The second kappa shape index (κ2) is 6.45. The number of para-hydroxylation sites is 1. The summed E-state index contributed by atoms with van der Waals surface area (Å²) in [6.45, 7) is 0.303. The Hall–Kier alpha value is -2.59. The van der Waals surface area contributed by atoms with Gasteiger partial charge in [0.25, 0.3) is 5.56 Å². The maximum absolute atomic E-state index is 11.9. The number of nitrogens with one attached hydrogen (secondary N) is 1. The Kier molecular flexibility index (Phi) is 4.21. The summed E-state index contributed by atoms with van der Waals surface area (Å²) in [5.41, 5.74) is 2.36. The second-order valence-corrected chi connectivity index (χ2v) is 5.20. The van der Waals surface area contributed by atoms with E-state index in [1.54, 1.807) is 12.1 Å². The van der Waals surface area contributed by atoms with E-state index in [1.165, 1.54) is 10.7 Å². The van der Waals surface area contributed by atoms with Crippen LogP contribution >= 0.6 is 11.6 Å². The smallest absolute Gasteiger partial charge is 0.268 e. The fraction of sp³-hybridized carbons (Fsp3) is 0.0588. The van der Waals surface area contributed by atoms with Gasteiger partial charge in [-0.3, -0.25) is 4.79 Å². The Morgan fingerprint density at radius 1 is 1.00 bits per heavy atom. The maximum Gasteiger partial charge on any atom is 0.268 e. The number of aromatic nitrogens is 2. The molecule has 1 heterocycles. The molecule has 0 amide bonds. The summed E-state index contributed by atoms with van der Waals surface area (Å²) >= 11 is 6.00. The minimum atomic E-state index is -0.158. The lowest BCUT2D eigenvalue weighted by Crippen LogP contribution is -2.25. The lowest BCUT2D eigenvalue weighted by molar-refractivity contribution is 0.628. The van der Waals surface area contributed by atoms with Crippen LogP contribution in [-0.2, 0) is 6.67 Å². The van der Waals surface area contributed by atoms with Crippen molar-refractivity contribution in [2.24, 2.45) is 0 Å². The van der Waals surface area contributed by atoms with Gasteiger partial charge in [0.05, 0.1) is 5.69 Å². The van der Waals surface area contributed by atoms with Crippen LogP contribution in [0.15, 0.2) is 71.5 Å². The first-order valence-electron chi connectivity index (χ1n) is 6.85. The van der Waals surface area contributed by atoms with E-state index in [-0.39, 0.29) is 5.56 Å². The Bertz CT molecular complexity index is 831. The molecule has 0 saturated carbocycles. The van der Waals surface area contributed by atoms with Gasteiger partial charge in [-0.1, -0.05) is 41.9 Å². The summed E-state index contributed by atoms with van der Waals surface area (Å²) < 4.78 is 1.39. The third kappa shape index (κ3) is 3.35. The lowest BCUT2D eigenvalue weighted by Gasteiger charge is -2.09. The zero-order valence-electron chi connectivity index (χ0n) is 11.7. The summed E-state index contributed by atoms with van der Waals surface area (Å²) in [5, 5.41) is 8.19. The molecule has 0 saturated heterocycles. The van der Waals surface area contributed by atoms with Crippen molar-refractivity contribution in [2.45, 2.75) is 6.67 Å². The molecule has 0 aliphatic carbocycles. The molecule has 1 N–H and O–H groups in total.